The van der Waals surface area contributed by atoms with Gasteiger partial charge in [-0.05, 0) is 124 Å². The van der Waals surface area contributed by atoms with Crippen LogP contribution in [0.4, 0.5) is 0 Å². The maximum absolute atomic E-state index is 6.46. The number of fused-ring (bicyclic) bond motifs is 9. The highest BCUT2D eigenvalue weighted by atomic mass is 16.3. The molecule has 238 valence electrons. The minimum absolute atomic E-state index is 0.599. The predicted octanol–water partition coefficient (Wildman–Crippen LogP) is 13.0. The van der Waals surface area contributed by atoms with Gasteiger partial charge in [0, 0.05) is 16.3 Å². The molecule has 7 atom stereocenters. The number of hydrogen-bond donors (Lipinski definition) is 0. The zero-order chi connectivity index (χ0) is 32.1. The Balaban J connectivity index is 1.04. The summed E-state index contributed by atoms with van der Waals surface area (Å²) >= 11 is 0. The normalized spacial score (nSPS) is 26.6. The molecule has 49 heavy (non-hydrogen) atoms. The first-order chi connectivity index (χ1) is 24.3. The third-order valence-electron chi connectivity index (χ3n) is 13.3. The highest BCUT2D eigenvalue weighted by Crippen LogP contribution is 2.68. The lowest BCUT2D eigenvalue weighted by Gasteiger charge is -2.59. The van der Waals surface area contributed by atoms with Gasteiger partial charge in [0.05, 0.1) is 0 Å². The molecule has 4 aliphatic rings. The van der Waals surface area contributed by atoms with E-state index in [-0.39, 0.29) is 0 Å². The molecule has 6 aromatic carbocycles. The Hall–Kier alpha value is -4.88. The van der Waals surface area contributed by atoms with Gasteiger partial charge in [0.2, 0.25) is 0 Å². The molecule has 0 saturated heterocycles. The van der Waals surface area contributed by atoms with Crippen molar-refractivity contribution >= 4 is 21.9 Å². The van der Waals surface area contributed by atoms with E-state index in [1.54, 1.807) is 22.3 Å². The Kier molecular flexibility index (Phi) is 6.18. The molecule has 7 aromatic rings. The monoisotopic (exact) mass is 632 g/mol. The Labute approximate surface area is 288 Å². The molecule has 2 fully saturated rings. The van der Waals surface area contributed by atoms with Crippen LogP contribution < -0.4 is 0 Å². The molecule has 0 N–H and O–H groups in total. The number of furan rings is 1. The van der Waals surface area contributed by atoms with Crippen molar-refractivity contribution in [1.82, 2.24) is 0 Å². The first-order valence-corrected chi connectivity index (χ1v) is 18.6. The lowest BCUT2D eigenvalue weighted by atomic mass is 9.45. The van der Waals surface area contributed by atoms with Gasteiger partial charge in [0.25, 0.3) is 0 Å². The van der Waals surface area contributed by atoms with E-state index in [4.69, 9.17) is 4.42 Å². The number of rotatable bonds is 3. The van der Waals surface area contributed by atoms with E-state index in [1.165, 1.54) is 65.1 Å². The van der Waals surface area contributed by atoms with Crippen LogP contribution in [0.2, 0.25) is 0 Å². The van der Waals surface area contributed by atoms with Crippen molar-refractivity contribution in [2.75, 3.05) is 0 Å². The van der Waals surface area contributed by atoms with Gasteiger partial charge in [-0.25, -0.2) is 0 Å². The molecule has 0 amide bonds. The molecule has 7 unspecified atom stereocenters. The highest BCUT2D eigenvalue weighted by Gasteiger charge is 2.56. The van der Waals surface area contributed by atoms with Crippen molar-refractivity contribution in [1.29, 1.82) is 0 Å². The van der Waals surface area contributed by atoms with Crippen LogP contribution >= 0.6 is 0 Å². The molecule has 0 spiro atoms. The first kappa shape index (κ1) is 28.0. The summed E-state index contributed by atoms with van der Waals surface area (Å²) in [6.07, 6.45) is 6.56. The largest absolute Gasteiger partial charge is 0.455 e. The fourth-order valence-electron chi connectivity index (χ4n) is 11.4. The van der Waals surface area contributed by atoms with Crippen LogP contribution in [0, 0.1) is 11.8 Å². The van der Waals surface area contributed by atoms with E-state index in [0.717, 1.165) is 28.6 Å². The molecule has 0 aliphatic heterocycles. The maximum atomic E-state index is 6.46. The van der Waals surface area contributed by atoms with E-state index >= 15 is 0 Å². The molecule has 2 saturated carbocycles. The van der Waals surface area contributed by atoms with Gasteiger partial charge in [-0.3, -0.25) is 0 Å². The van der Waals surface area contributed by atoms with E-state index in [1.807, 2.05) is 0 Å². The second-order valence-corrected chi connectivity index (χ2v) is 15.4. The summed E-state index contributed by atoms with van der Waals surface area (Å²) in [4.78, 5) is 0. The molecule has 4 aliphatic carbocycles. The second kappa shape index (κ2) is 10.8. The molecule has 1 aromatic heterocycles. The zero-order valence-corrected chi connectivity index (χ0v) is 27.8. The standard InChI is InChI=1S/C48H40O/c1-2-11-29(12-3-1)33-27-43-36-16-5-4-15-35(36)39-19-10-20-40-42-26-31(23-24-37(42)44(28-33)47(43)46(39)40)30-13-8-14-32(25-30)34-18-9-21-41-38-17-6-7-22-45(38)49-48(34)41/h1-9,11-18,21-26,33,39-40,43-44,46-47H,10,19-20,27-28H2. The van der Waals surface area contributed by atoms with Gasteiger partial charge in [-0.1, -0.05) is 134 Å². The van der Waals surface area contributed by atoms with Gasteiger partial charge >= 0.3 is 0 Å². The van der Waals surface area contributed by atoms with E-state index < -0.39 is 0 Å². The average Bonchev–Trinajstić information content (AvgIpc) is 3.56. The molecule has 0 bridgehead atoms. The summed E-state index contributed by atoms with van der Waals surface area (Å²) in [6, 6.07) is 52.8. The molecule has 1 nitrogen and oxygen atoms in total. The van der Waals surface area contributed by atoms with Gasteiger partial charge in [-0.15, -0.1) is 0 Å². The van der Waals surface area contributed by atoms with Crippen molar-refractivity contribution in [3.05, 3.63) is 167 Å². The minimum atomic E-state index is 0.599. The summed E-state index contributed by atoms with van der Waals surface area (Å²) in [5, 5.41) is 2.36. The van der Waals surface area contributed by atoms with Crippen molar-refractivity contribution in [3.63, 3.8) is 0 Å². The smallest absolute Gasteiger partial charge is 0.143 e. The van der Waals surface area contributed by atoms with Crippen LogP contribution in [0.15, 0.2) is 144 Å². The van der Waals surface area contributed by atoms with Gasteiger partial charge in [0.15, 0.2) is 0 Å². The van der Waals surface area contributed by atoms with Crippen LogP contribution in [0.3, 0.4) is 0 Å². The van der Waals surface area contributed by atoms with Gasteiger partial charge in [0.1, 0.15) is 11.2 Å². The van der Waals surface area contributed by atoms with Crippen LogP contribution in [0.5, 0.6) is 0 Å². The van der Waals surface area contributed by atoms with Gasteiger partial charge < -0.3 is 4.42 Å². The van der Waals surface area contributed by atoms with Crippen LogP contribution in [-0.2, 0) is 0 Å². The van der Waals surface area contributed by atoms with Gasteiger partial charge in [-0.2, -0.15) is 0 Å². The SMILES string of the molecule is c1ccc(C2CC3c4ccccc4C4CCCC5c6cc(-c7cccc(-c8cccc9c8oc8ccccc89)c7)ccc6C(C2)C3C45)cc1. The van der Waals surface area contributed by atoms with Crippen molar-refractivity contribution in [2.24, 2.45) is 11.8 Å². The second-order valence-electron chi connectivity index (χ2n) is 15.4. The van der Waals surface area contributed by atoms with E-state index in [0.29, 0.717) is 29.6 Å². The molecule has 1 heteroatoms. The third kappa shape index (κ3) is 4.18. The van der Waals surface area contributed by atoms with Crippen LogP contribution in [0.1, 0.15) is 89.5 Å². The van der Waals surface area contributed by atoms with E-state index in [2.05, 4.69) is 140 Å². The summed E-state index contributed by atoms with van der Waals surface area (Å²) in [7, 11) is 0. The number of para-hydroxylation sites is 2. The Morgan fingerprint density at radius 1 is 0.449 bits per heavy atom. The summed E-state index contributed by atoms with van der Waals surface area (Å²) in [5.41, 5.74) is 15.1. The summed E-state index contributed by atoms with van der Waals surface area (Å²) < 4.78 is 6.46. The van der Waals surface area contributed by atoms with Crippen molar-refractivity contribution in [3.8, 4) is 22.3 Å². The van der Waals surface area contributed by atoms with E-state index in [9.17, 15) is 0 Å². The molecular formula is C48H40O. The zero-order valence-electron chi connectivity index (χ0n) is 27.8. The Bertz CT molecular complexity index is 2380. The fourth-order valence-corrected chi connectivity index (χ4v) is 11.4. The molecule has 11 rings (SSSR count). The first-order valence-electron chi connectivity index (χ1n) is 18.6. The Morgan fingerprint density at radius 3 is 1.94 bits per heavy atom. The third-order valence-corrected chi connectivity index (χ3v) is 13.3. The summed E-state index contributed by atoms with van der Waals surface area (Å²) in [5.74, 6) is 4.68. The highest BCUT2D eigenvalue weighted by molar-refractivity contribution is 6.09. The maximum Gasteiger partial charge on any atom is 0.143 e. The molecule has 0 radical (unpaired) electrons. The number of hydrogen-bond acceptors (Lipinski definition) is 1. The number of benzene rings is 6. The predicted molar refractivity (Wildman–Crippen MR) is 201 cm³/mol. The fraction of sp³-hybridized carbons (Fsp3) is 0.250. The van der Waals surface area contributed by atoms with Crippen molar-refractivity contribution in [2.45, 2.75) is 61.7 Å². The van der Waals surface area contributed by atoms with Crippen LogP contribution in [-0.4, -0.2) is 0 Å². The lowest BCUT2D eigenvalue weighted by molar-refractivity contribution is 0.0671. The topological polar surface area (TPSA) is 13.1 Å². The van der Waals surface area contributed by atoms with Crippen LogP contribution in [0.25, 0.3) is 44.2 Å². The Morgan fingerprint density at radius 2 is 1.08 bits per heavy atom. The lowest BCUT2D eigenvalue weighted by Crippen LogP contribution is -2.47. The molecular weight excluding hydrogens is 593 g/mol. The summed E-state index contributed by atoms with van der Waals surface area (Å²) in [6.45, 7) is 0. The quantitative estimate of drug-likeness (QED) is 0.189. The van der Waals surface area contributed by atoms with Crippen molar-refractivity contribution < 1.29 is 4.42 Å². The average molecular weight is 633 g/mol. The minimum Gasteiger partial charge on any atom is -0.455 e. The molecule has 1 heterocycles.